The highest BCUT2D eigenvalue weighted by atomic mass is 35.5. The van der Waals surface area contributed by atoms with Crippen molar-refractivity contribution in [1.29, 1.82) is 0 Å². The molecule has 0 saturated carbocycles. The van der Waals surface area contributed by atoms with E-state index in [4.69, 9.17) is 16.0 Å². The number of hydrogen-bond acceptors (Lipinski definition) is 5. The molecule has 0 unspecified atom stereocenters. The molecule has 0 aliphatic heterocycles. The summed E-state index contributed by atoms with van der Waals surface area (Å²) in [6.45, 7) is 3.96. The Morgan fingerprint density at radius 3 is 2.67 bits per heavy atom. The van der Waals surface area contributed by atoms with Crippen LogP contribution in [0.15, 0.2) is 41.1 Å². The Kier molecular flexibility index (Phi) is 3.58. The number of hydrogen-bond donors (Lipinski definition) is 1. The first-order chi connectivity index (χ1) is 10.1. The summed E-state index contributed by atoms with van der Waals surface area (Å²) >= 11 is 5.72. The van der Waals surface area contributed by atoms with Crippen molar-refractivity contribution >= 4 is 23.2 Å². The molecule has 3 aromatic heterocycles. The van der Waals surface area contributed by atoms with Crippen molar-refractivity contribution in [1.82, 2.24) is 15.0 Å². The van der Waals surface area contributed by atoms with Crippen LogP contribution < -0.4 is 5.32 Å². The van der Waals surface area contributed by atoms with Crippen molar-refractivity contribution in [3.05, 3.63) is 53.1 Å². The molecular weight excluding hydrogens is 288 g/mol. The third-order valence-corrected chi connectivity index (χ3v) is 3.15. The summed E-state index contributed by atoms with van der Waals surface area (Å²) in [4.78, 5) is 12.7. The Labute approximate surface area is 127 Å². The molecule has 3 heterocycles. The summed E-state index contributed by atoms with van der Waals surface area (Å²) in [7, 11) is 0. The Morgan fingerprint density at radius 2 is 1.95 bits per heavy atom. The molecule has 3 rings (SSSR count). The van der Waals surface area contributed by atoms with Crippen LogP contribution in [-0.2, 0) is 0 Å². The maximum absolute atomic E-state index is 5.72. The van der Waals surface area contributed by atoms with E-state index in [0.717, 1.165) is 16.9 Å². The Hall–Kier alpha value is -2.40. The molecule has 1 N–H and O–H groups in total. The van der Waals surface area contributed by atoms with Gasteiger partial charge in [-0.25, -0.2) is 15.0 Å². The predicted molar refractivity (Wildman–Crippen MR) is 81.7 cm³/mol. The summed E-state index contributed by atoms with van der Waals surface area (Å²) in [6.07, 6.45) is 3.31. The normalized spacial score (nSPS) is 10.6. The third kappa shape index (κ3) is 3.03. The number of rotatable bonds is 3. The van der Waals surface area contributed by atoms with Crippen LogP contribution >= 0.6 is 11.6 Å². The maximum Gasteiger partial charge on any atom is 0.292 e. The Balaban J connectivity index is 1.94. The van der Waals surface area contributed by atoms with Crippen LogP contribution in [0.5, 0.6) is 0 Å². The van der Waals surface area contributed by atoms with Gasteiger partial charge >= 0.3 is 0 Å². The van der Waals surface area contributed by atoms with E-state index < -0.39 is 0 Å². The van der Waals surface area contributed by atoms with Crippen molar-refractivity contribution in [2.24, 2.45) is 0 Å². The van der Waals surface area contributed by atoms with Crippen molar-refractivity contribution in [2.75, 3.05) is 5.32 Å². The van der Waals surface area contributed by atoms with E-state index in [1.165, 1.54) is 0 Å². The average Bonchev–Trinajstić information content (AvgIpc) is 2.87. The van der Waals surface area contributed by atoms with Crippen LogP contribution in [-0.4, -0.2) is 15.0 Å². The van der Waals surface area contributed by atoms with Crippen LogP contribution in [0.1, 0.15) is 11.1 Å². The molecule has 0 aromatic carbocycles. The molecule has 3 aromatic rings. The van der Waals surface area contributed by atoms with Crippen LogP contribution in [0.4, 0.5) is 11.6 Å². The quantitative estimate of drug-likeness (QED) is 0.787. The van der Waals surface area contributed by atoms with Crippen molar-refractivity contribution in [3.63, 3.8) is 0 Å². The van der Waals surface area contributed by atoms with Gasteiger partial charge < -0.3 is 9.73 Å². The van der Waals surface area contributed by atoms with Gasteiger partial charge in [-0.3, -0.25) is 0 Å². The van der Waals surface area contributed by atoms with Crippen molar-refractivity contribution < 1.29 is 4.42 Å². The number of halogens is 1. The summed E-state index contributed by atoms with van der Waals surface area (Å²) in [5, 5.41) is 3.27. The third-order valence-electron chi connectivity index (χ3n) is 2.98. The van der Waals surface area contributed by atoms with Crippen LogP contribution in [0.2, 0.25) is 5.35 Å². The molecule has 5 nitrogen and oxygen atoms in total. The zero-order valence-corrected chi connectivity index (χ0v) is 12.3. The number of anilines is 2. The molecule has 0 radical (unpaired) electrons. The lowest BCUT2D eigenvalue weighted by Gasteiger charge is -2.08. The number of aryl methyl sites for hydroxylation is 2. The van der Waals surface area contributed by atoms with E-state index in [9.17, 15) is 0 Å². The highest BCUT2D eigenvalue weighted by Crippen LogP contribution is 2.26. The van der Waals surface area contributed by atoms with E-state index >= 15 is 0 Å². The van der Waals surface area contributed by atoms with Gasteiger partial charge in [-0.15, -0.1) is 0 Å². The molecule has 0 aliphatic carbocycles. The van der Waals surface area contributed by atoms with Gasteiger partial charge in [0.15, 0.2) is 5.76 Å². The summed E-state index contributed by atoms with van der Waals surface area (Å²) in [5.41, 5.74) is 2.81. The van der Waals surface area contributed by atoms with Crippen molar-refractivity contribution in [2.45, 2.75) is 13.8 Å². The Morgan fingerprint density at radius 1 is 1.10 bits per heavy atom. The number of nitrogens with zero attached hydrogens (tertiary/aromatic N) is 3. The van der Waals surface area contributed by atoms with Gasteiger partial charge in [-0.2, -0.15) is 0 Å². The topological polar surface area (TPSA) is 63.8 Å². The van der Waals surface area contributed by atoms with E-state index in [1.807, 2.05) is 38.1 Å². The van der Waals surface area contributed by atoms with Gasteiger partial charge in [0.05, 0.1) is 6.20 Å². The van der Waals surface area contributed by atoms with Crippen LogP contribution in [0.25, 0.3) is 11.5 Å². The second-order valence-corrected chi connectivity index (χ2v) is 5.01. The first-order valence-electron chi connectivity index (χ1n) is 6.41. The Bertz CT molecular complexity index is 785. The number of pyridine rings is 2. The first kappa shape index (κ1) is 13.6. The van der Waals surface area contributed by atoms with Crippen LogP contribution in [0, 0.1) is 13.8 Å². The van der Waals surface area contributed by atoms with Gasteiger partial charge in [0.25, 0.3) is 5.35 Å². The maximum atomic E-state index is 5.72. The zero-order valence-electron chi connectivity index (χ0n) is 11.6. The minimum atomic E-state index is 0.102. The fourth-order valence-corrected chi connectivity index (χ4v) is 2.08. The van der Waals surface area contributed by atoms with Gasteiger partial charge in [0.1, 0.15) is 17.3 Å². The molecule has 0 spiro atoms. The van der Waals surface area contributed by atoms with Gasteiger partial charge in [0.2, 0.25) is 0 Å². The minimum absolute atomic E-state index is 0.102. The van der Waals surface area contributed by atoms with E-state index in [2.05, 4.69) is 20.3 Å². The van der Waals surface area contributed by atoms with E-state index in [1.54, 1.807) is 12.4 Å². The molecule has 0 saturated heterocycles. The SMILES string of the molecule is Cc1ccnc(Nc2ccc(C)c(-c3cnc(Cl)o3)n2)c1. The molecule has 0 atom stereocenters. The molecule has 0 aliphatic rings. The predicted octanol–water partition coefficient (Wildman–Crippen LogP) is 4.15. The van der Waals surface area contributed by atoms with Crippen LogP contribution in [0.3, 0.4) is 0 Å². The molecule has 0 bridgehead atoms. The minimum Gasteiger partial charge on any atom is -0.426 e. The summed E-state index contributed by atoms with van der Waals surface area (Å²) in [5.74, 6) is 1.97. The fraction of sp³-hybridized carbons (Fsp3) is 0.133. The highest BCUT2D eigenvalue weighted by molar-refractivity contribution is 6.27. The smallest absolute Gasteiger partial charge is 0.292 e. The molecule has 0 fully saturated rings. The monoisotopic (exact) mass is 300 g/mol. The summed E-state index contributed by atoms with van der Waals surface area (Å²) in [6, 6.07) is 7.74. The van der Waals surface area contributed by atoms with Gasteiger partial charge in [0, 0.05) is 6.20 Å². The molecular formula is C15H13ClN4O. The highest BCUT2D eigenvalue weighted by Gasteiger charge is 2.11. The van der Waals surface area contributed by atoms with E-state index in [0.29, 0.717) is 17.3 Å². The average molecular weight is 301 g/mol. The zero-order chi connectivity index (χ0) is 14.8. The molecule has 6 heteroatoms. The standard InChI is InChI=1S/C15H13ClN4O/c1-9-5-6-17-13(7-9)19-12-4-3-10(2)14(20-12)11-8-18-15(16)21-11/h3-8H,1-2H3,(H,17,19,20). The van der Waals surface area contributed by atoms with Gasteiger partial charge in [-0.05, 0) is 54.8 Å². The lowest BCUT2D eigenvalue weighted by atomic mass is 10.2. The molecule has 21 heavy (non-hydrogen) atoms. The molecule has 0 amide bonds. The number of aromatic nitrogens is 3. The fourth-order valence-electron chi connectivity index (χ4n) is 1.95. The van der Waals surface area contributed by atoms with E-state index in [-0.39, 0.29) is 5.35 Å². The second-order valence-electron chi connectivity index (χ2n) is 4.68. The lowest BCUT2D eigenvalue weighted by Crippen LogP contribution is -1.98. The number of nitrogens with one attached hydrogen (secondary N) is 1. The van der Waals surface area contributed by atoms with Crippen molar-refractivity contribution in [3.8, 4) is 11.5 Å². The lowest BCUT2D eigenvalue weighted by molar-refractivity contribution is 0.572. The first-order valence-corrected chi connectivity index (χ1v) is 6.78. The van der Waals surface area contributed by atoms with Gasteiger partial charge in [-0.1, -0.05) is 6.07 Å². The largest absolute Gasteiger partial charge is 0.426 e. The molecule has 106 valence electrons. The second kappa shape index (κ2) is 5.54. The number of oxazole rings is 1. The summed E-state index contributed by atoms with van der Waals surface area (Å²) < 4.78 is 5.32.